The molecule has 104 valence electrons. The highest BCUT2D eigenvalue weighted by Crippen LogP contribution is 2.38. The van der Waals surface area contributed by atoms with Crippen LogP contribution in [0.1, 0.15) is 22.5 Å². The number of fused-ring (bicyclic) bond motifs is 1. The van der Waals surface area contributed by atoms with Crippen molar-refractivity contribution >= 4 is 5.97 Å². The second kappa shape index (κ2) is 4.63. The number of ether oxygens (including phenoxy) is 1. The highest BCUT2D eigenvalue weighted by Gasteiger charge is 2.23. The number of rotatable bonds is 2. The van der Waals surface area contributed by atoms with E-state index in [1.165, 1.54) is 16.8 Å². The Morgan fingerprint density at radius 2 is 2.30 bits per heavy atom. The number of halogens is 1. The lowest BCUT2D eigenvalue weighted by atomic mass is 10.00. The minimum atomic E-state index is -1.14. The van der Waals surface area contributed by atoms with Crippen molar-refractivity contribution in [1.82, 2.24) is 9.78 Å². The summed E-state index contributed by atoms with van der Waals surface area (Å²) in [6, 6.07) is 4.46. The zero-order valence-electron chi connectivity index (χ0n) is 10.9. The first-order chi connectivity index (χ1) is 9.58. The molecule has 3 rings (SSSR count). The molecule has 2 aromatic rings. The van der Waals surface area contributed by atoms with Crippen LogP contribution in [-0.4, -0.2) is 27.5 Å². The Labute approximate surface area is 114 Å². The number of carboxylic acid groups (broad SMARTS) is 1. The summed E-state index contributed by atoms with van der Waals surface area (Å²) in [6.45, 7) is 0.535. The van der Waals surface area contributed by atoms with Gasteiger partial charge in [-0.05, 0) is 30.5 Å². The molecule has 1 aliphatic heterocycles. The second-order valence-electron chi connectivity index (χ2n) is 4.71. The number of benzene rings is 1. The van der Waals surface area contributed by atoms with E-state index in [0.717, 1.165) is 18.4 Å². The molecule has 0 bridgehead atoms. The first-order valence-corrected chi connectivity index (χ1v) is 6.30. The van der Waals surface area contributed by atoms with E-state index in [0.29, 0.717) is 18.1 Å². The summed E-state index contributed by atoms with van der Waals surface area (Å²) in [7, 11) is 1.59. The molecule has 1 aromatic heterocycles. The van der Waals surface area contributed by atoms with Crippen LogP contribution < -0.4 is 4.74 Å². The van der Waals surface area contributed by atoms with Crippen LogP contribution >= 0.6 is 0 Å². The molecule has 6 heteroatoms. The monoisotopic (exact) mass is 276 g/mol. The lowest BCUT2D eigenvalue weighted by Crippen LogP contribution is -2.11. The first-order valence-electron chi connectivity index (χ1n) is 6.30. The molecule has 0 radical (unpaired) electrons. The second-order valence-corrected chi connectivity index (χ2v) is 4.71. The van der Waals surface area contributed by atoms with Gasteiger partial charge in [-0.3, -0.25) is 4.68 Å². The van der Waals surface area contributed by atoms with Gasteiger partial charge < -0.3 is 9.84 Å². The smallest absolute Gasteiger partial charge is 0.356 e. The molecule has 2 heterocycles. The number of hydrogen-bond acceptors (Lipinski definition) is 3. The van der Waals surface area contributed by atoms with Gasteiger partial charge in [-0.25, -0.2) is 9.18 Å². The fraction of sp³-hybridized carbons (Fsp3) is 0.286. The molecule has 0 fully saturated rings. The van der Waals surface area contributed by atoms with E-state index < -0.39 is 11.8 Å². The summed E-state index contributed by atoms with van der Waals surface area (Å²) in [4.78, 5) is 11.0. The minimum absolute atomic E-state index is 0.115. The lowest BCUT2D eigenvalue weighted by molar-refractivity contribution is 0.0689. The van der Waals surface area contributed by atoms with Crippen LogP contribution in [0.2, 0.25) is 0 Å². The Morgan fingerprint density at radius 1 is 1.50 bits per heavy atom. The van der Waals surface area contributed by atoms with Crippen LogP contribution in [0.25, 0.3) is 11.3 Å². The molecule has 0 saturated heterocycles. The van der Waals surface area contributed by atoms with Crippen molar-refractivity contribution in [3.63, 3.8) is 0 Å². The van der Waals surface area contributed by atoms with Crippen LogP contribution in [0, 0.1) is 5.82 Å². The van der Waals surface area contributed by atoms with Gasteiger partial charge in [0.05, 0.1) is 17.9 Å². The van der Waals surface area contributed by atoms with Crippen molar-refractivity contribution < 1.29 is 19.0 Å². The Morgan fingerprint density at radius 3 is 3.00 bits per heavy atom. The fourth-order valence-electron chi connectivity index (χ4n) is 2.44. The van der Waals surface area contributed by atoms with Gasteiger partial charge in [0.25, 0.3) is 0 Å². The van der Waals surface area contributed by atoms with Gasteiger partial charge in [0, 0.05) is 7.05 Å². The van der Waals surface area contributed by atoms with Gasteiger partial charge in [-0.15, -0.1) is 0 Å². The van der Waals surface area contributed by atoms with Crippen molar-refractivity contribution in [2.24, 2.45) is 7.05 Å². The molecule has 0 atom stereocenters. The van der Waals surface area contributed by atoms with E-state index in [1.807, 2.05) is 0 Å². The number of aryl methyl sites for hydroxylation is 2. The molecule has 0 unspecified atom stereocenters. The average molecular weight is 276 g/mol. The van der Waals surface area contributed by atoms with E-state index in [-0.39, 0.29) is 11.3 Å². The molecule has 0 saturated carbocycles. The topological polar surface area (TPSA) is 64.4 Å². The normalized spacial score (nSPS) is 13.7. The van der Waals surface area contributed by atoms with Crippen molar-refractivity contribution in [3.8, 4) is 17.0 Å². The van der Waals surface area contributed by atoms with Crippen LogP contribution in [0.5, 0.6) is 5.75 Å². The zero-order valence-corrected chi connectivity index (χ0v) is 10.9. The number of aromatic nitrogens is 2. The number of aromatic carboxylic acids is 1. The van der Waals surface area contributed by atoms with Gasteiger partial charge in [0.1, 0.15) is 11.6 Å². The van der Waals surface area contributed by atoms with Gasteiger partial charge >= 0.3 is 5.97 Å². The predicted molar refractivity (Wildman–Crippen MR) is 69.4 cm³/mol. The fourth-order valence-corrected chi connectivity index (χ4v) is 2.44. The molecule has 0 aliphatic carbocycles. The third-order valence-electron chi connectivity index (χ3n) is 3.38. The Bertz CT molecular complexity index is 694. The molecule has 1 N–H and O–H groups in total. The van der Waals surface area contributed by atoms with Crippen LogP contribution in [0.3, 0.4) is 0 Å². The quantitative estimate of drug-likeness (QED) is 0.913. The Balaban J connectivity index is 2.21. The maximum absolute atomic E-state index is 14.2. The summed E-state index contributed by atoms with van der Waals surface area (Å²) in [5.74, 6) is -1.08. The summed E-state index contributed by atoms with van der Waals surface area (Å²) < 4.78 is 21.1. The van der Waals surface area contributed by atoms with Crippen LogP contribution in [0.4, 0.5) is 4.39 Å². The molecule has 1 aliphatic rings. The predicted octanol–water partition coefficient (Wildman–Crippen LogP) is 2.25. The SMILES string of the molecule is Cn1nc(C(=O)O)cc1-c1c(F)ccc2c1OCCC2. The highest BCUT2D eigenvalue weighted by molar-refractivity contribution is 5.87. The maximum Gasteiger partial charge on any atom is 0.356 e. The van der Waals surface area contributed by atoms with Crippen LogP contribution in [-0.2, 0) is 13.5 Å². The van der Waals surface area contributed by atoms with E-state index in [9.17, 15) is 9.18 Å². The van der Waals surface area contributed by atoms with Crippen molar-refractivity contribution in [3.05, 3.63) is 35.3 Å². The summed E-state index contributed by atoms with van der Waals surface area (Å²) in [5, 5.41) is 12.8. The zero-order chi connectivity index (χ0) is 14.3. The van der Waals surface area contributed by atoms with E-state index >= 15 is 0 Å². The number of nitrogens with zero attached hydrogens (tertiary/aromatic N) is 2. The average Bonchev–Trinajstić information content (AvgIpc) is 2.81. The highest BCUT2D eigenvalue weighted by atomic mass is 19.1. The largest absolute Gasteiger partial charge is 0.492 e. The Hall–Kier alpha value is -2.37. The van der Waals surface area contributed by atoms with Gasteiger partial charge in [-0.1, -0.05) is 6.07 Å². The van der Waals surface area contributed by atoms with Gasteiger partial charge in [0.15, 0.2) is 5.69 Å². The lowest BCUT2D eigenvalue weighted by Gasteiger charge is -2.20. The molecule has 0 amide bonds. The summed E-state index contributed by atoms with van der Waals surface area (Å²) in [5.41, 5.74) is 1.50. The molecule has 5 nitrogen and oxygen atoms in total. The third kappa shape index (κ3) is 1.93. The standard InChI is InChI=1S/C14H13FN2O3/c1-17-11(7-10(16-17)14(18)19)12-9(15)5-4-8-3-2-6-20-13(8)12/h4-5,7H,2-3,6H2,1H3,(H,18,19). The molecule has 0 spiro atoms. The number of carboxylic acids is 1. The number of carbonyl (C=O) groups is 1. The molecular weight excluding hydrogens is 263 g/mol. The van der Waals surface area contributed by atoms with E-state index in [2.05, 4.69) is 5.10 Å². The van der Waals surface area contributed by atoms with Crippen molar-refractivity contribution in [1.29, 1.82) is 0 Å². The maximum atomic E-state index is 14.2. The van der Waals surface area contributed by atoms with E-state index in [4.69, 9.17) is 9.84 Å². The van der Waals surface area contributed by atoms with Crippen molar-refractivity contribution in [2.75, 3.05) is 6.61 Å². The first kappa shape index (κ1) is 12.7. The minimum Gasteiger partial charge on any atom is -0.492 e. The van der Waals surface area contributed by atoms with Crippen molar-refractivity contribution in [2.45, 2.75) is 12.8 Å². The third-order valence-corrected chi connectivity index (χ3v) is 3.38. The molecular formula is C14H13FN2O3. The summed E-state index contributed by atoms with van der Waals surface area (Å²) >= 11 is 0. The van der Waals surface area contributed by atoms with Crippen LogP contribution in [0.15, 0.2) is 18.2 Å². The molecule has 20 heavy (non-hydrogen) atoms. The Kier molecular flexibility index (Phi) is 2.93. The van der Waals surface area contributed by atoms with E-state index in [1.54, 1.807) is 13.1 Å². The van der Waals surface area contributed by atoms with Gasteiger partial charge in [-0.2, -0.15) is 5.10 Å². The van der Waals surface area contributed by atoms with Gasteiger partial charge in [0.2, 0.25) is 0 Å². The molecule has 1 aromatic carbocycles. The number of hydrogen-bond donors (Lipinski definition) is 1. The summed E-state index contributed by atoms with van der Waals surface area (Å²) in [6.07, 6.45) is 1.72.